The molecule has 1 aliphatic heterocycles. The molecule has 3 rings (SSSR count). The van der Waals surface area contributed by atoms with Gasteiger partial charge in [-0.2, -0.15) is 0 Å². The van der Waals surface area contributed by atoms with E-state index in [4.69, 9.17) is 4.52 Å². The van der Waals surface area contributed by atoms with Crippen LogP contribution in [0.1, 0.15) is 11.3 Å². The number of fused-ring (bicyclic) bond motifs is 1. The van der Waals surface area contributed by atoms with E-state index in [2.05, 4.69) is 15.2 Å². The van der Waals surface area contributed by atoms with Gasteiger partial charge in [0.05, 0.1) is 4.90 Å². The van der Waals surface area contributed by atoms with Gasteiger partial charge in [-0.15, -0.1) is 0 Å². The first-order valence-corrected chi connectivity index (χ1v) is 7.36. The van der Waals surface area contributed by atoms with Crippen LogP contribution in [0.25, 0.3) is 0 Å². The molecular formula is C12H13N3O3S. The third-order valence-corrected chi connectivity index (χ3v) is 4.32. The second kappa shape index (κ2) is 4.27. The highest BCUT2D eigenvalue weighted by Crippen LogP contribution is 2.26. The van der Waals surface area contributed by atoms with E-state index in [1.165, 1.54) is 6.07 Å². The van der Waals surface area contributed by atoms with Crippen molar-refractivity contribution in [2.45, 2.75) is 18.2 Å². The summed E-state index contributed by atoms with van der Waals surface area (Å²) < 4.78 is 31.6. The summed E-state index contributed by atoms with van der Waals surface area (Å²) >= 11 is 0. The molecule has 2 aromatic rings. The molecule has 0 bridgehead atoms. The molecule has 100 valence electrons. The average Bonchev–Trinajstić information content (AvgIpc) is 2.96. The summed E-state index contributed by atoms with van der Waals surface area (Å²) in [5.74, 6) is 0.743. The second-order valence-electron chi connectivity index (χ2n) is 4.42. The van der Waals surface area contributed by atoms with Crippen molar-refractivity contribution in [1.29, 1.82) is 0 Å². The lowest BCUT2D eigenvalue weighted by Gasteiger charge is -2.06. The first kappa shape index (κ1) is 12.0. The fourth-order valence-electron chi connectivity index (χ4n) is 2.06. The van der Waals surface area contributed by atoms with Gasteiger partial charge in [-0.25, -0.2) is 8.42 Å². The first-order valence-electron chi connectivity index (χ1n) is 5.87. The first-order chi connectivity index (χ1) is 9.04. The summed E-state index contributed by atoms with van der Waals surface area (Å²) in [6.45, 7) is 2.54. The Balaban J connectivity index is 1.92. The van der Waals surface area contributed by atoms with Crippen LogP contribution >= 0.6 is 0 Å². The molecule has 0 atom stereocenters. The highest BCUT2D eigenvalue weighted by Gasteiger charge is 2.19. The van der Waals surface area contributed by atoms with Crippen molar-refractivity contribution in [3.05, 3.63) is 35.6 Å². The average molecular weight is 279 g/mol. The van der Waals surface area contributed by atoms with Crippen molar-refractivity contribution in [3.63, 3.8) is 0 Å². The lowest BCUT2D eigenvalue weighted by Crippen LogP contribution is -2.13. The Kier molecular flexibility index (Phi) is 2.70. The van der Waals surface area contributed by atoms with Gasteiger partial charge in [0.25, 0.3) is 10.0 Å². The smallest absolute Gasteiger partial charge is 0.263 e. The van der Waals surface area contributed by atoms with Crippen LogP contribution in [0.4, 0.5) is 11.5 Å². The molecule has 1 aromatic carbocycles. The van der Waals surface area contributed by atoms with Crippen LogP contribution in [0, 0.1) is 6.92 Å². The molecule has 0 saturated heterocycles. The molecule has 7 heteroatoms. The van der Waals surface area contributed by atoms with Crippen LogP contribution in [0.3, 0.4) is 0 Å². The fourth-order valence-corrected chi connectivity index (χ4v) is 3.09. The quantitative estimate of drug-likeness (QED) is 0.894. The van der Waals surface area contributed by atoms with Gasteiger partial charge in [0, 0.05) is 18.3 Å². The number of anilines is 2. The number of aromatic nitrogens is 1. The minimum atomic E-state index is -3.62. The molecule has 19 heavy (non-hydrogen) atoms. The maximum atomic E-state index is 12.2. The van der Waals surface area contributed by atoms with Crippen LogP contribution in [0.2, 0.25) is 0 Å². The second-order valence-corrected chi connectivity index (χ2v) is 6.11. The topological polar surface area (TPSA) is 84.2 Å². The number of rotatable bonds is 3. The lowest BCUT2D eigenvalue weighted by molar-refractivity contribution is 0.400. The molecule has 0 radical (unpaired) electrons. The maximum absolute atomic E-state index is 12.2. The third kappa shape index (κ3) is 2.28. The van der Waals surface area contributed by atoms with Gasteiger partial charge in [-0.3, -0.25) is 4.72 Å². The maximum Gasteiger partial charge on any atom is 0.263 e. The van der Waals surface area contributed by atoms with Crippen LogP contribution in [-0.4, -0.2) is 20.1 Å². The molecule has 1 aliphatic rings. The standard InChI is InChI=1S/C12H13N3O3S/c1-8-6-12(14-18-8)15-19(16,17)10-2-3-11-9(7-10)4-5-13-11/h2-3,6-7,13H,4-5H2,1H3,(H,14,15). The van der Waals surface area contributed by atoms with E-state index in [1.54, 1.807) is 25.1 Å². The number of hydrogen-bond donors (Lipinski definition) is 2. The van der Waals surface area contributed by atoms with E-state index in [9.17, 15) is 8.42 Å². The predicted octanol–water partition coefficient (Wildman–Crippen LogP) is 1.75. The molecule has 0 fully saturated rings. The Bertz CT molecular complexity index is 722. The summed E-state index contributed by atoms with van der Waals surface area (Å²) in [6, 6.07) is 6.58. The Morgan fingerprint density at radius 2 is 2.21 bits per heavy atom. The van der Waals surface area contributed by atoms with Gasteiger partial charge in [0.2, 0.25) is 0 Å². The molecule has 0 saturated carbocycles. The van der Waals surface area contributed by atoms with Crippen molar-refractivity contribution < 1.29 is 12.9 Å². The normalized spacial score (nSPS) is 13.9. The van der Waals surface area contributed by atoms with Gasteiger partial charge < -0.3 is 9.84 Å². The number of benzene rings is 1. The minimum Gasteiger partial charge on any atom is -0.384 e. The molecule has 0 unspecified atom stereocenters. The zero-order chi connectivity index (χ0) is 13.5. The highest BCUT2D eigenvalue weighted by molar-refractivity contribution is 7.92. The minimum absolute atomic E-state index is 0.191. The SMILES string of the molecule is Cc1cc(NS(=O)(=O)c2ccc3c(c2)CCN3)no1. The molecular weight excluding hydrogens is 266 g/mol. The molecule has 0 aliphatic carbocycles. The number of sulfonamides is 1. The number of nitrogens with one attached hydrogen (secondary N) is 2. The van der Waals surface area contributed by atoms with Crippen molar-refractivity contribution in [1.82, 2.24) is 5.16 Å². The summed E-state index contributed by atoms with van der Waals surface area (Å²) in [7, 11) is -3.62. The van der Waals surface area contributed by atoms with Crippen molar-refractivity contribution in [2.24, 2.45) is 0 Å². The largest absolute Gasteiger partial charge is 0.384 e. The van der Waals surface area contributed by atoms with Crippen molar-refractivity contribution in [2.75, 3.05) is 16.6 Å². The van der Waals surface area contributed by atoms with E-state index in [0.717, 1.165) is 24.2 Å². The van der Waals surface area contributed by atoms with E-state index in [-0.39, 0.29) is 10.7 Å². The lowest BCUT2D eigenvalue weighted by atomic mass is 10.2. The number of hydrogen-bond acceptors (Lipinski definition) is 5. The van der Waals surface area contributed by atoms with Crippen molar-refractivity contribution >= 4 is 21.5 Å². The van der Waals surface area contributed by atoms with Gasteiger partial charge in [0.15, 0.2) is 5.82 Å². The summed E-state index contributed by atoms with van der Waals surface area (Å²) in [4.78, 5) is 0.232. The molecule has 2 N–H and O–H groups in total. The number of nitrogens with zero attached hydrogens (tertiary/aromatic N) is 1. The molecule has 2 heterocycles. The van der Waals surface area contributed by atoms with E-state index in [1.807, 2.05) is 0 Å². The van der Waals surface area contributed by atoms with Crippen LogP contribution < -0.4 is 10.0 Å². The van der Waals surface area contributed by atoms with E-state index in [0.29, 0.717) is 5.76 Å². The van der Waals surface area contributed by atoms with Crippen molar-refractivity contribution in [3.8, 4) is 0 Å². The highest BCUT2D eigenvalue weighted by atomic mass is 32.2. The molecule has 1 aromatic heterocycles. The van der Waals surface area contributed by atoms with Crippen LogP contribution in [-0.2, 0) is 16.4 Å². The molecule has 6 nitrogen and oxygen atoms in total. The Hall–Kier alpha value is -2.02. The zero-order valence-electron chi connectivity index (χ0n) is 10.3. The van der Waals surface area contributed by atoms with E-state index < -0.39 is 10.0 Å². The summed E-state index contributed by atoms with van der Waals surface area (Å²) in [5, 5.41) is 6.81. The molecule has 0 amide bonds. The Labute approximate surface area is 110 Å². The van der Waals surface area contributed by atoms with Crippen LogP contribution in [0.15, 0.2) is 33.7 Å². The Morgan fingerprint density at radius 1 is 1.37 bits per heavy atom. The van der Waals surface area contributed by atoms with Gasteiger partial charge in [-0.1, -0.05) is 5.16 Å². The third-order valence-electron chi connectivity index (χ3n) is 2.96. The zero-order valence-corrected chi connectivity index (χ0v) is 11.1. The van der Waals surface area contributed by atoms with Crippen LogP contribution in [0.5, 0.6) is 0 Å². The Morgan fingerprint density at radius 3 is 2.95 bits per heavy atom. The van der Waals surface area contributed by atoms with Gasteiger partial charge in [0.1, 0.15) is 5.76 Å². The monoisotopic (exact) mass is 279 g/mol. The van der Waals surface area contributed by atoms with Gasteiger partial charge >= 0.3 is 0 Å². The van der Waals surface area contributed by atoms with E-state index >= 15 is 0 Å². The summed E-state index contributed by atoms with van der Waals surface area (Å²) in [6.07, 6.45) is 0.835. The number of aryl methyl sites for hydroxylation is 1. The fraction of sp³-hybridized carbons (Fsp3) is 0.250. The predicted molar refractivity (Wildman–Crippen MR) is 70.7 cm³/mol. The molecule has 0 spiro atoms. The van der Waals surface area contributed by atoms with Gasteiger partial charge in [-0.05, 0) is 37.1 Å². The summed E-state index contributed by atoms with van der Waals surface area (Å²) in [5.41, 5.74) is 2.01.